The maximum atomic E-state index is 11.9. The van der Waals surface area contributed by atoms with Gasteiger partial charge in [-0.1, -0.05) is 13.3 Å². The maximum Gasteiger partial charge on any atom is 0.347 e. The van der Waals surface area contributed by atoms with Crippen LogP contribution in [0.25, 0.3) is 0 Å². The van der Waals surface area contributed by atoms with Crippen molar-refractivity contribution in [1.29, 1.82) is 0 Å². The van der Waals surface area contributed by atoms with E-state index in [1.807, 2.05) is 6.92 Å². The highest BCUT2D eigenvalue weighted by atomic mass is 16.6. The molecule has 21 heavy (non-hydrogen) atoms. The summed E-state index contributed by atoms with van der Waals surface area (Å²) in [7, 11) is 0. The number of carboxylic acids is 1. The smallest absolute Gasteiger partial charge is 0.347 e. The van der Waals surface area contributed by atoms with E-state index >= 15 is 0 Å². The summed E-state index contributed by atoms with van der Waals surface area (Å²) in [6, 6.07) is 3.08. The van der Waals surface area contributed by atoms with Crippen molar-refractivity contribution in [3.05, 3.63) is 28.8 Å². The van der Waals surface area contributed by atoms with E-state index in [0.29, 0.717) is 29.9 Å². The molecule has 0 saturated carbocycles. The van der Waals surface area contributed by atoms with Gasteiger partial charge in [-0.3, -0.25) is 0 Å². The fourth-order valence-electron chi connectivity index (χ4n) is 2.12. The summed E-state index contributed by atoms with van der Waals surface area (Å²) in [5.41, 5.74) is 1.59. The van der Waals surface area contributed by atoms with Crippen LogP contribution in [-0.4, -0.2) is 29.8 Å². The number of carbonyl (C=O) groups is 2. The van der Waals surface area contributed by atoms with Crippen LogP contribution < -0.4 is 4.74 Å². The molecule has 0 aliphatic carbocycles. The van der Waals surface area contributed by atoms with Gasteiger partial charge in [0.1, 0.15) is 5.75 Å². The summed E-state index contributed by atoms with van der Waals surface area (Å²) < 4.78 is 10.8. The Morgan fingerprint density at radius 3 is 2.19 bits per heavy atom. The van der Waals surface area contributed by atoms with Gasteiger partial charge in [0.05, 0.1) is 12.2 Å². The Kier molecular flexibility index (Phi) is 6.21. The van der Waals surface area contributed by atoms with Crippen molar-refractivity contribution >= 4 is 11.9 Å². The van der Waals surface area contributed by atoms with E-state index in [4.69, 9.17) is 14.6 Å². The van der Waals surface area contributed by atoms with Crippen LogP contribution in [0.4, 0.5) is 0 Å². The molecule has 0 saturated heterocycles. The van der Waals surface area contributed by atoms with Crippen LogP contribution in [0.15, 0.2) is 12.1 Å². The highest BCUT2D eigenvalue weighted by Crippen LogP contribution is 2.27. The van der Waals surface area contributed by atoms with Gasteiger partial charge in [-0.15, -0.1) is 0 Å². The first-order valence-electron chi connectivity index (χ1n) is 7.08. The van der Waals surface area contributed by atoms with E-state index in [0.717, 1.165) is 6.42 Å². The number of hydrogen-bond donors (Lipinski definition) is 1. The molecule has 0 bridgehead atoms. The molecule has 0 heterocycles. The molecule has 0 amide bonds. The zero-order valence-electron chi connectivity index (χ0n) is 12.9. The molecule has 0 fully saturated rings. The Hall–Kier alpha value is -2.04. The molecule has 1 atom stereocenters. The van der Waals surface area contributed by atoms with Gasteiger partial charge in [0.15, 0.2) is 6.10 Å². The quantitative estimate of drug-likeness (QED) is 0.782. The molecule has 1 unspecified atom stereocenters. The first-order chi connectivity index (χ1) is 9.90. The molecule has 5 nitrogen and oxygen atoms in total. The lowest BCUT2D eigenvalue weighted by Gasteiger charge is -2.20. The van der Waals surface area contributed by atoms with E-state index in [-0.39, 0.29) is 11.5 Å². The minimum Gasteiger partial charge on any atom is -0.478 e. The summed E-state index contributed by atoms with van der Waals surface area (Å²) in [6.45, 7) is 7.55. The lowest BCUT2D eigenvalue weighted by molar-refractivity contribution is -0.151. The van der Waals surface area contributed by atoms with Gasteiger partial charge in [0, 0.05) is 0 Å². The van der Waals surface area contributed by atoms with Crippen LogP contribution in [-0.2, 0) is 9.53 Å². The van der Waals surface area contributed by atoms with E-state index < -0.39 is 12.1 Å². The van der Waals surface area contributed by atoms with Crippen LogP contribution in [0.5, 0.6) is 5.75 Å². The number of ether oxygens (including phenoxy) is 2. The Bertz CT molecular complexity index is 498. The Labute approximate surface area is 124 Å². The second kappa shape index (κ2) is 7.67. The fourth-order valence-corrected chi connectivity index (χ4v) is 2.12. The van der Waals surface area contributed by atoms with Crippen LogP contribution in [0.2, 0.25) is 0 Å². The van der Waals surface area contributed by atoms with Crippen molar-refractivity contribution < 1.29 is 24.2 Å². The van der Waals surface area contributed by atoms with Gasteiger partial charge >= 0.3 is 11.9 Å². The molecule has 0 spiro atoms. The number of carbonyl (C=O) groups excluding carboxylic acids is 1. The largest absolute Gasteiger partial charge is 0.478 e. The first-order valence-corrected chi connectivity index (χ1v) is 7.08. The number of esters is 1. The number of aryl methyl sites for hydroxylation is 2. The normalized spacial score (nSPS) is 11.8. The highest BCUT2D eigenvalue weighted by molar-refractivity contribution is 5.88. The zero-order chi connectivity index (χ0) is 16.0. The third-order valence-electron chi connectivity index (χ3n) is 3.07. The lowest BCUT2D eigenvalue weighted by Crippen LogP contribution is -2.30. The molecule has 5 heteroatoms. The third-order valence-corrected chi connectivity index (χ3v) is 3.07. The van der Waals surface area contributed by atoms with Crippen LogP contribution in [0, 0.1) is 13.8 Å². The number of hydrogen-bond acceptors (Lipinski definition) is 4. The van der Waals surface area contributed by atoms with Crippen molar-refractivity contribution in [3.63, 3.8) is 0 Å². The minimum absolute atomic E-state index is 0.209. The molecular formula is C16H22O5. The van der Waals surface area contributed by atoms with Gasteiger partial charge in [0.2, 0.25) is 0 Å². The van der Waals surface area contributed by atoms with E-state index in [2.05, 4.69) is 0 Å². The van der Waals surface area contributed by atoms with Crippen molar-refractivity contribution in [3.8, 4) is 5.75 Å². The molecule has 0 aliphatic heterocycles. The van der Waals surface area contributed by atoms with E-state index in [9.17, 15) is 9.59 Å². The van der Waals surface area contributed by atoms with Crippen molar-refractivity contribution in [2.75, 3.05) is 6.61 Å². The Morgan fingerprint density at radius 1 is 1.19 bits per heavy atom. The first kappa shape index (κ1) is 17.0. The molecule has 1 rings (SSSR count). The predicted molar refractivity (Wildman–Crippen MR) is 78.8 cm³/mol. The van der Waals surface area contributed by atoms with Gasteiger partial charge in [-0.25, -0.2) is 9.59 Å². The molecule has 1 aromatic rings. The summed E-state index contributed by atoms with van der Waals surface area (Å²) in [6.07, 6.45) is 0.677. The Morgan fingerprint density at radius 2 is 1.76 bits per heavy atom. The topological polar surface area (TPSA) is 72.8 Å². The standard InChI is InChI=1S/C16H22O5/c1-5-7-13(16(19)20-6-2)21-14-10(3)8-12(15(17)18)9-11(14)4/h8-9,13H,5-7H2,1-4H3,(H,17,18). The molecular weight excluding hydrogens is 272 g/mol. The SMILES string of the molecule is CCCC(Oc1c(C)cc(C(=O)O)cc1C)C(=O)OCC. The molecule has 0 aliphatic rings. The van der Waals surface area contributed by atoms with E-state index in [1.54, 1.807) is 32.9 Å². The van der Waals surface area contributed by atoms with Crippen molar-refractivity contribution in [2.24, 2.45) is 0 Å². The summed E-state index contributed by atoms with van der Waals surface area (Å²) in [4.78, 5) is 22.9. The van der Waals surface area contributed by atoms with Crippen LogP contribution in [0.1, 0.15) is 48.2 Å². The average molecular weight is 294 g/mol. The number of carboxylic acid groups (broad SMARTS) is 1. The number of aromatic carboxylic acids is 1. The predicted octanol–water partition coefficient (Wildman–Crippen LogP) is 3.11. The van der Waals surface area contributed by atoms with E-state index in [1.165, 1.54) is 0 Å². The summed E-state index contributed by atoms with van der Waals surface area (Å²) in [5, 5.41) is 9.03. The second-order valence-electron chi connectivity index (χ2n) is 4.89. The molecule has 1 N–H and O–H groups in total. The van der Waals surface area contributed by atoms with Gasteiger partial charge < -0.3 is 14.6 Å². The molecule has 0 radical (unpaired) electrons. The number of rotatable bonds is 7. The van der Waals surface area contributed by atoms with Crippen molar-refractivity contribution in [2.45, 2.75) is 46.6 Å². The third kappa shape index (κ3) is 4.48. The van der Waals surface area contributed by atoms with Crippen LogP contribution >= 0.6 is 0 Å². The summed E-state index contributed by atoms with van der Waals surface area (Å²) in [5.74, 6) is -0.824. The monoisotopic (exact) mass is 294 g/mol. The molecule has 1 aromatic carbocycles. The van der Waals surface area contributed by atoms with Gasteiger partial charge in [0.25, 0.3) is 0 Å². The van der Waals surface area contributed by atoms with Gasteiger partial charge in [-0.2, -0.15) is 0 Å². The fraction of sp³-hybridized carbons (Fsp3) is 0.500. The summed E-state index contributed by atoms with van der Waals surface area (Å²) >= 11 is 0. The molecule has 116 valence electrons. The van der Waals surface area contributed by atoms with Crippen molar-refractivity contribution in [1.82, 2.24) is 0 Å². The minimum atomic E-state index is -0.983. The molecule has 0 aromatic heterocycles. The Balaban J connectivity index is 3.03. The zero-order valence-corrected chi connectivity index (χ0v) is 12.9. The van der Waals surface area contributed by atoms with Crippen LogP contribution in [0.3, 0.4) is 0 Å². The maximum absolute atomic E-state index is 11.9. The second-order valence-corrected chi connectivity index (χ2v) is 4.89. The number of benzene rings is 1. The van der Waals surface area contributed by atoms with Gasteiger partial charge in [-0.05, 0) is 50.5 Å². The average Bonchev–Trinajstić information content (AvgIpc) is 2.41. The highest BCUT2D eigenvalue weighted by Gasteiger charge is 2.23. The lowest BCUT2D eigenvalue weighted by atomic mass is 10.1.